The molecule has 1 fully saturated rings. The molecule has 0 saturated heterocycles. The number of benzene rings is 2. The molecule has 1 heterocycles. The topological polar surface area (TPSA) is 58.3 Å². The van der Waals surface area contributed by atoms with Gasteiger partial charge >= 0.3 is 0 Å². The van der Waals surface area contributed by atoms with Gasteiger partial charge in [-0.05, 0) is 31.5 Å². The molecule has 160 valence electrons. The molecule has 0 N–H and O–H groups in total. The normalized spacial score (nSPS) is 14.6. The van der Waals surface area contributed by atoms with Crippen LogP contribution >= 0.6 is 0 Å². The Bertz CT molecular complexity index is 1130. The molecule has 0 radical (unpaired) electrons. The molecule has 1 aromatic heterocycles. The molecule has 1 aliphatic carbocycles. The van der Waals surface area contributed by atoms with E-state index < -0.39 is 0 Å². The standard InChI is InChI=1S/C26H29N3O2/c1-28(21-12-6-3-7-13-21)17-18-29-25(30)23-15-9-8-14-22(23)24(26(29)31-19-16-27)20-10-4-2-5-11-20/h2,4-5,8-11,14-15,21H,3,6-7,12-13,17-19H2,1H3. The quantitative estimate of drug-likeness (QED) is 0.554. The van der Waals surface area contributed by atoms with E-state index in [1.165, 1.54) is 32.1 Å². The summed E-state index contributed by atoms with van der Waals surface area (Å²) in [4.78, 5) is 15.8. The fourth-order valence-corrected chi connectivity index (χ4v) is 4.68. The largest absolute Gasteiger partial charge is 0.463 e. The van der Waals surface area contributed by atoms with Crippen molar-refractivity contribution in [2.45, 2.75) is 44.7 Å². The summed E-state index contributed by atoms with van der Waals surface area (Å²) in [5.41, 5.74) is 1.77. The molecule has 0 unspecified atom stereocenters. The van der Waals surface area contributed by atoms with Crippen LogP contribution in [0.4, 0.5) is 0 Å². The van der Waals surface area contributed by atoms with Gasteiger partial charge in [-0.25, -0.2) is 0 Å². The number of pyridine rings is 1. The van der Waals surface area contributed by atoms with Gasteiger partial charge < -0.3 is 9.64 Å². The van der Waals surface area contributed by atoms with Gasteiger partial charge in [-0.1, -0.05) is 67.8 Å². The summed E-state index contributed by atoms with van der Waals surface area (Å²) in [6.45, 7) is 1.19. The van der Waals surface area contributed by atoms with E-state index in [1.807, 2.05) is 54.6 Å². The van der Waals surface area contributed by atoms with Gasteiger partial charge in [0.15, 0.2) is 6.61 Å². The Kier molecular flexibility index (Phi) is 6.69. The van der Waals surface area contributed by atoms with E-state index in [4.69, 9.17) is 4.74 Å². The summed E-state index contributed by atoms with van der Waals surface area (Å²) in [6.07, 6.45) is 6.31. The molecule has 0 atom stereocenters. The van der Waals surface area contributed by atoms with Crippen LogP contribution in [0.3, 0.4) is 0 Å². The van der Waals surface area contributed by atoms with Gasteiger partial charge in [0.05, 0.1) is 5.56 Å². The molecule has 0 spiro atoms. The zero-order chi connectivity index (χ0) is 21.6. The third kappa shape index (κ3) is 4.50. The highest BCUT2D eigenvalue weighted by molar-refractivity contribution is 5.98. The van der Waals surface area contributed by atoms with Crippen LogP contribution in [0.2, 0.25) is 0 Å². The maximum Gasteiger partial charge on any atom is 0.261 e. The van der Waals surface area contributed by atoms with Gasteiger partial charge in [0.1, 0.15) is 6.07 Å². The number of hydrogen-bond donors (Lipinski definition) is 0. The number of fused-ring (bicyclic) bond motifs is 1. The van der Waals surface area contributed by atoms with Gasteiger partial charge in [0.25, 0.3) is 5.56 Å². The SMILES string of the molecule is CN(CCn1c(OCC#N)c(-c2ccccc2)c2ccccc2c1=O)C1CCCCC1. The fraction of sp³-hybridized carbons (Fsp3) is 0.385. The monoisotopic (exact) mass is 415 g/mol. The molecule has 4 rings (SSSR count). The molecule has 0 aliphatic heterocycles. The van der Waals surface area contributed by atoms with Crippen molar-refractivity contribution < 1.29 is 4.74 Å². The van der Waals surface area contributed by atoms with Crippen LogP contribution in [0.1, 0.15) is 32.1 Å². The van der Waals surface area contributed by atoms with Crippen molar-refractivity contribution in [3.05, 3.63) is 65.0 Å². The molecule has 3 aromatic rings. The van der Waals surface area contributed by atoms with Crippen molar-refractivity contribution >= 4 is 10.8 Å². The van der Waals surface area contributed by atoms with E-state index in [2.05, 4.69) is 18.0 Å². The second-order valence-electron chi connectivity index (χ2n) is 8.27. The lowest BCUT2D eigenvalue weighted by atomic mass is 9.94. The van der Waals surface area contributed by atoms with E-state index in [-0.39, 0.29) is 12.2 Å². The summed E-state index contributed by atoms with van der Waals surface area (Å²) < 4.78 is 7.65. The smallest absolute Gasteiger partial charge is 0.261 e. The number of nitrogens with zero attached hydrogens (tertiary/aromatic N) is 3. The van der Waals surface area contributed by atoms with Crippen LogP contribution in [0.15, 0.2) is 59.4 Å². The van der Waals surface area contributed by atoms with E-state index in [1.54, 1.807) is 4.57 Å². The summed E-state index contributed by atoms with van der Waals surface area (Å²) in [7, 11) is 2.15. The van der Waals surface area contributed by atoms with E-state index >= 15 is 0 Å². The van der Waals surface area contributed by atoms with E-state index in [9.17, 15) is 10.1 Å². The van der Waals surface area contributed by atoms with Crippen molar-refractivity contribution in [1.82, 2.24) is 9.47 Å². The first-order valence-corrected chi connectivity index (χ1v) is 11.1. The summed E-state index contributed by atoms with van der Waals surface area (Å²) in [6, 6.07) is 20.2. The first kappa shape index (κ1) is 21.1. The molecule has 0 amide bonds. The molecule has 1 aliphatic rings. The lowest BCUT2D eigenvalue weighted by molar-refractivity contribution is 0.182. The van der Waals surface area contributed by atoms with Crippen LogP contribution in [0.5, 0.6) is 5.88 Å². The fourth-order valence-electron chi connectivity index (χ4n) is 4.68. The number of nitriles is 1. The minimum Gasteiger partial charge on any atom is -0.463 e. The number of rotatable bonds is 7. The average Bonchev–Trinajstić information content (AvgIpc) is 2.83. The molecular weight excluding hydrogens is 386 g/mol. The predicted molar refractivity (Wildman–Crippen MR) is 124 cm³/mol. The van der Waals surface area contributed by atoms with Gasteiger partial charge in [-0.2, -0.15) is 5.26 Å². The van der Waals surface area contributed by atoms with Crippen LogP contribution in [-0.2, 0) is 6.54 Å². The van der Waals surface area contributed by atoms with E-state index in [0.717, 1.165) is 23.1 Å². The summed E-state index contributed by atoms with van der Waals surface area (Å²) in [5, 5.41) is 10.7. The molecule has 31 heavy (non-hydrogen) atoms. The van der Waals surface area contributed by atoms with Gasteiger partial charge in [0.2, 0.25) is 5.88 Å². The Morgan fingerprint density at radius 3 is 2.42 bits per heavy atom. The van der Waals surface area contributed by atoms with Gasteiger partial charge in [-0.3, -0.25) is 9.36 Å². The number of aromatic nitrogens is 1. The third-order valence-corrected chi connectivity index (χ3v) is 6.34. The molecule has 1 saturated carbocycles. The first-order chi connectivity index (χ1) is 15.2. The highest BCUT2D eigenvalue weighted by Gasteiger charge is 2.22. The highest BCUT2D eigenvalue weighted by Crippen LogP contribution is 2.35. The Morgan fingerprint density at radius 1 is 1.03 bits per heavy atom. The Hall–Kier alpha value is -3.10. The maximum atomic E-state index is 13.5. The summed E-state index contributed by atoms with van der Waals surface area (Å²) >= 11 is 0. The average molecular weight is 416 g/mol. The van der Waals surface area contributed by atoms with Crippen molar-refractivity contribution in [2.24, 2.45) is 0 Å². The summed E-state index contributed by atoms with van der Waals surface area (Å²) in [5.74, 6) is 0.480. The zero-order valence-electron chi connectivity index (χ0n) is 18.1. The van der Waals surface area contributed by atoms with Crippen LogP contribution in [0.25, 0.3) is 21.9 Å². The Balaban J connectivity index is 1.80. The third-order valence-electron chi connectivity index (χ3n) is 6.34. The number of ether oxygens (including phenoxy) is 1. The van der Waals surface area contributed by atoms with Crippen LogP contribution in [-0.4, -0.2) is 35.7 Å². The van der Waals surface area contributed by atoms with Crippen molar-refractivity contribution in [1.29, 1.82) is 5.26 Å². The minimum absolute atomic E-state index is 0.0692. The minimum atomic E-state index is -0.101. The lowest BCUT2D eigenvalue weighted by Gasteiger charge is -2.31. The molecule has 5 nitrogen and oxygen atoms in total. The van der Waals surface area contributed by atoms with Crippen LogP contribution < -0.4 is 10.3 Å². The highest BCUT2D eigenvalue weighted by atomic mass is 16.5. The second-order valence-corrected chi connectivity index (χ2v) is 8.27. The maximum absolute atomic E-state index is 13.5. The van der Waals surface area contributed by atoms with Crippen molar-refractivity contribution in [2.75, 3.05) is 20.2 Å². The lowest BCUT2D eigenvalue weighted by Crippen LogP contribution is -2.37. The zero-order valence-corrected chi connectivity index (χ0v) is 18.1. The predicted octanol–water partition coefficient (Wildman–Crippen LogP) is 4.84. The van der Waals surface area contributed by atoms with Gasteiger partial charge in [0, 0.05) is 29.9 Å². The molecular formula is C26H29N3O2. The van der Waals surface area contributed by atoms with Crippen molar-refractivity contribution in [3.63, 3.8) is 0 Å². The van der Waals surface area contributed by atoms with E-state index in [0.29, 0.717) is 23.9 Å². The first-order valence-electron chi connectivity index (χ1n) is 11.1. The van der Waals surface area contributed by atoms with Gasteiger partial charge in [-0.15, -0.1) is 0 Å². The molecule has 5 heteroatoms. The van der Waals surface area contributed by atoms with Crippen molar-refractivity contribution in [3.8, 4) is 23.1 Å². The number of likely N-dealkylation sites (N-methyl/N-ethyl adjacent to an activating group) is 1. The number of hydrogen-bond acceptors (Lipinski definition) is 4. The second kappa shape index (κ2) is 9.80. The molecule has 2 aromatic carbocycles. The Morgan fingerprint density at radius 2 is 1.71 bits per heavy atom. The Labute approximate surface area is 183 Å². The molecule has 0 bridgehead atoms. The van der Waals surface area contributed by atoms with Crippen LogP contribution in [0, 0.1) is 11.3 Å².